The second-order valence-corrected chi connectivity index (χ2v) is 7.59. The van der Waals surface area contributed by atoms with Crippen LogP contribution in [-0.2, 0) is 10.0 Å². The summed E-state index contributed by atoms with van der Waals surface area (Å²) in [6.45, 7) is 2.06. The number of benzene rings is 1. The Bertz CT molecular complexity index is 612. The van der Waals surface area contributed by atoms with E-state index in [4.69, 9.17) is 22.4 Å². The lowest BCUT2D eigenvalue weighted by atomic mass is 10.0. The molecule has 0 saturated heterocycles. The van der Waals surface area contributed by atoms with E-state index in [2.05, 4.69) is 4.72 Å². The van der Waals surface area contributed by atoms with E-state index in [0.717, 1.165) is 12.8 Å². The van der Waals surface area contributed by atoms with Crippen LogP contribution in [0.1, 0.15) is 24.8 Å². The first-order valence-corrected chi connectivity index (χ1v) is 8.32. The Morgan fingerprint density at radius 2 is 2.10 bits per heavy atom. The van der Waals surface area contributed by atoms with Crippen molar-refractivity contribution < 1.29 is 13.5 Å². The maximum Gasteiger partial charge on any atom is 0.240 e. The van der Waals surface area contributed by atoms with Gasteiger partial charge >= 0.3 is 0 Å². The Morgan fingerprint density at radius 1 is 1.45 bits per heavy atom. The molecule has 0 aliphatic heterocycles. The van der Waals surface area contributed by atoms with E-state index in [1.807, 2.05) is 0 Å². The van der Waals surface area contributed by atoms with E-state index in [1.165, 1.54) is 12.1 Å². The van der Waals surface area contributed by atoms with E-state index < -0.39 is 10.0 Å². The van der Waals surface area contributed by atoms with Gasteiger partial charge < -0.3 is 10.8 Å². The highest BCUT2D eigenvalue weighted by atomic mass is 35.5. The second kappa shape index (κ2) is 5.52. The number of sulfonamides is 1. The van der Waals surface area contributed by atoms with Gasteiger partial charge in [-0.2, -0.15) is 0 Å². The fourth-order valence-corrected chi connectivity index (χ4v) is 3.95. The zero-order valence-corrected chi connectivity index (χ0v) is 12.9. The first kappa shape index (κ1) is 15.6. The minimum absolute atomic E-state index is 0.0743. The molecule has 1 saturated carbocycles. The normalized spacial score (nSPS) is 17.1. The van der Waals surface area contributed by atoms with Crippen molar-refractivity contribution in [2.45, 2.75) is 31.1 Å². The van der Waals surface area contributed by atoms with Crippen LogP contribution in [0.3, 0.4) is 0 Å². The molecule has 1 aromatic carbocycles. The zero-order valence-electron chi connectivity index (χ0n) is 11.3. The Balaban J connectivity index is 2.19. The third-order valence-electron chi connectivity index (χ3n) is 3.89. The van der Waals surface area contributed by atoms with Gasteiger partial charge in [-0.1, -0.05) is 11.6 Å². The van der Waals surface area contributed by atoms with Crippen LogP contribution in [-0.4, -0.2) is 26.7 Å². The number of halogens is 1. The van der Waals surface area contributed by atoms with Crippen LogP contribution in [0.25, 0.3) is 0 Å². The molecule has 1 fully saturated rings. The molecular formula is C13H19ClN2O3S. The summed E-state index contributed by atoms with van der Waals surface area (Å²) >= 11 is 5.88. The van der Waals surface area contributed by atoms with Crippen LogP contribution in [0, 0.1) is 12.3 Å². The van der Waals surface area contributed by atoms with E-state index in [0.29, 0.717) is 29.2 Å². The lowest BCUT2D eigenvalue weighted by Crippen LogP contribution is -2.31. The summed E-state index contributed by atoms with van der Waals surface area (Å²) in [4.78, 5) is 0.113. The van der Waals surface area contributed by atoms with Gasteiger partial charge in [0.05, 0.1) is 4.90 Å². The van der Waals surface area contributed by atoms with Crippen LogP contribution in [0.2, 0.25) is 5.02 Å². The number of rotatable bonds is 6. The van der Waals surface area contributed by atoms with Gasteiger partial charge in [0.15, 0.2) is 0 Å². The molecule has 0 bridgehead atoms. The van der Waals surface area contributed by atoms with Crippen LogP contribution >= 0.6 is 11.6 Å². The number of aliphatic hydroxyl groups is 1. The minimum atomic E-state index is -3.64. The molecule has 7 heteroatoms. The van der Waals surface area contributed by atoms with Gasteiger partial charge in [0, 0.05) is 23.9 Å². The second-order valence-electron chi connectivity index (χ2n) is 5.42. The average Bonchev–Trinajstić information content (AvgIpc) is 3.12. The first-order chi connectivity index (χ1) is 9.30. The monoisotopic (exact) mass is 318 g/mol. The van der Waals surface area contributed by atoms with Gasteiger partial charge in [-0.05, 0) is 49.3 Å². The van der Waals surface area contributed by atoms with Gasteiger partial charge in [0.25, 0.3) is 0 Å². The minimum Gasteiger partial charge on any atom is -0.398 e. The molecule has 0 unspecified atom stereocenters. The Hall–Kier alpha value is -0.820. The summed E-state index contributed by atoms with van der Waals surface area (Å²) in [5, 5.41) is 9.29. The molecule has 20 heavy (non-hydrogen) atoms. The predicted octanol–water partition coefficient (Wildman–Crippen LogP) is 1.67. The highest BCUT2D eigenvalue weighted by molar-refractivity contribution is 7.89. The molecule has 0 atom stereocenters. The predicted molar refractivity (Wildman–Crippen MR) is 79.2 cm³/mol. The summed E-state index contributed by atoms with van der Waals surface area (Å²) in [7, 11) is -3.64. The van der Waals surface area contributed by atoms with Crippen molar-refractivity contribution in [3.8, 4) is 0 Å². The van der Waals surface area contributed by atoms with Gasteiger partial charge in [-0.25, -0.2) is 13.1 Å². The van der Waals surface area contributed by atoms with Gasteiger partial charge in [0.1, 0.15) is 0 Å². The molecule has 1 aliphatic carbocycles. The molecule has 1 aromatic rings. The van der Waals surface area contributed by atoms with E-state index in [-0.39, 0.29) is 16.9 Å². The molecule has 0 radical (unpaired) electrons. The van der Waals surface area contributed by atoms with Crippen molar-refractivity contribution in [1.29, 1.82) is 0 Å². The maximum atomic E-state index is 12.3. The Kier molecular flexibility index (Phi) is 4.30. The molecule has 0 heterocycles. The van der Waals surface area contributed by atoms with Crippen molar-refractivity contribution in [3.63, 3.8) is 0 Å². The first-order valence-electron chi connectivity index (χ1n) is 6.46. The lowest BCUT2D eigenvalue weighted by Gasteiger charge is -2.16. The van der Waals surface area contributed by atoms with Crippen molar-refractivity contribution in [2.75, 3.05) is 18.9 Å². The summed E-state index contributed by atoms with van der Waals surface area (Å²) in [6, 6.07) is 2.94. The summed E-state index contributed by atoms with van der Waals surface area (Å²) in [5.74, 6) is 0. The molecule has 112 valence electrons. The SMILES string of the molecule is Cc1c(N)cc(Cl)cc1S(=O)(=O)NCC1(CCO)CC1. The highest BCUT2D eigenvalue weighted by Gasteiger charge is 2.42. The molecule has 4 N–H and O–H groups in total. The van der Waals surface area contributed by atoms with E-state index in [1.54, 1.807) is 6.92 Å². The molecule has 0 aromatic heterocycles. The molecule has 0 spiro atoms. The van der Waals surface area contributed by atoms with Gasteiger partial charge in [-0.15, -0.1) is 0 Å². The lowest BCUT2D eigenvalue weighted by molar-refractivity contribution is 0.249. The van der Waals surface area contributed by atoms with Gasteiger partial charge in [0.2, 0.25) is 10.0 Å². The molecule has 5 nitrogen and oxygen atoms in total. The average molecular weight is 319 g/mol. The molecular weight excluding hydrogens is 300 g/mol. The highest BCUT2D eigenvalue weighted by Crippen LogP contribution is 2.48. The number of nitrogen functional groups attached to an aromatic ring is 1. The standard InChI is InChI=1S/C13H19ClN2O3S/c1-9-11(15)6-10(14)7-12(9)20(18,19)16-8-13(2-3-13)4-5-17/h6-7,16-17H,2-5,8,15H2,1H3. The van der Waals surface area contributed by atoms with Crippen molar-refractivity contribution in [2.24, 2.45) is 5.41 Å². The largest absolute Gasteiger partial charge is 0.398 e. The number of aliphatic hydroxyl groups excluding tert-OH is 1. The number of nitrogens with one attached hydrogen (secondary N) is 1. The Labute approximate surface area is 124 Å². The Morgan fingerprint density at radius 3 is 2.65 bits per heavy atom. The van der Waals surface area contributed by atoms with Crippen LogP contribution < -0.4 is 10.5 Å². The fraction of sp³-hybridized carbons (Fsp3) is 0.538. The van der Waals surface area contributed by atoms with Crippen LogP contribution in [0.15, 0.2) is 17.0 Å². The maximum absolute atomic E-state index is 12.3. The molecule has 1 aliphatic rings. The third kappa shape index (κ3) is 3.25. The van der Waals surface area contributed by atoms with Crippen molar-refractivity contribution in [3.05, 3.63) is 22.7 Å². The number of anilines is 1. The number of hydrogen-bond acceptors (Lipinski definition) is 4. The quantitative estimate of drug-likeness (QED) is 0.696. The van der Waals surface area contributed by atoms with Crippen molar-refractivity contribution in [1.82, 2.24) is 4.72 Å². The summed E-state index contributed by atoms with van der Waals surface area (Å²) in [5.41, 5.74) is 6.52. The van der Waals surface area contributed by atoms with E-state index >= 15 is 0 Å². The van der Waals surface area contributed by atoms with Crippen LogP contribution in [0.5, 0.6) is 0 Å². The third-order valence-corrected chi connectivity index (χ3v) is 5.64. The fourth-order valence-electron chi connectivity index (χ4n) is 2.21. The zero-order chi connectivity index (χ0) is 15.0. The molecule has 2 rings (SSSR count). The summed E-state index contributed by atoms with van der Waals surface area (Å²) in [6.07, 6.45) is 2.49. The molecule has 0 amide bonds. The van der Waals surface area contributed by atoms with E-state index in [9.17, 15) is 8.42 Å². The smallest absolute Gasteiger partial charge is 0.240 e. The number of hydrogen-bond donors (Lipinski definition) is 3. The topological polar surface area (TPSA) is 92.4 Å². The van der Waals surface area contributed by atoms with Crippen LogP contribution in [0.4, 0.5) is 5.69 Å². The van der Waals surface area contributed by atoms with Crippen molar-refractivity contribution >= 4 is 27.3 Å². The number of nitrogens with two attached hydrogens (primary N) is 1. The summed E-state index contributed by atoms with van der Waals surface area (Å²) < 4.78 is 27.3. The van der Waals surface area contributed by atoms with Gasteiger partial charge in [-0.3, -0.25) is 0 Å².